The normalized spacial score (nSPS) is 16.9. The summed E-state index contributed by atoms with van der Waals surface area (Å²) in [7, 11) is 2.00. The number of carbonyl (C=O) groups excluding carboxylic acids is 1. The maximum absolute atomic E-state index is 14.4. The third-order valence-corrected chi connectivity index (χ3v) is 5.83. The highest BCUT2D eigenvalue weighted by molar-refractivity contribution is 5.79. The van der Waals surface area contributed by atoms with Gasteiger partial charge in [0.25, 0.3) is 0 Å². The Morgan fingerprint density at radius 1 is 1.19 bits per heavy atom. The molecule has 6 nitrogen and oxygen atoms in total. The van der Waals surface area contributed by atoms with Crippen LogP contribution in [0.1, 0.15) is 39.2 Å². The van der Waals surface area contributed by atoms with Gasteiger partial charge in [0.05, 0.1) is 17.6 Å². The fourth-order valence-corrected chi connectivity index (χ4v) is 4.21. The molecule has 4 rings (SSSR count). The van der Waals surface area contributed by atoms with E-state index in [-0.39, 0.29) is 18.0 Å². The smallest absolute Gasteiger partial charge is 0.410 e. The number of carbonyl (C=O) groups is 1. The van der Waals surface area contributed by atoms with E-state index in [0.717, 1.165) is 29.8 Å². The van der Waals surface area contributed by atoms with E-state index in [1.165, 1.54) is 6.07 Å². The van der Waals surface area contributed by atoms with Gasteiger partial charge in [-0.25, -0.2) is 14.2 Å². The lowest BCUT2D eigenvalue weighted by Crippen LogP contribution is -2.50. The van der Waals surface area contributed by atoms with Crippen LogP contribution in [0.2, 0.25) is 0 Å². The standard InChI is InChI=1S/C25H31FN4O2/c1-25(2,3)32-24(31)29-15-9-11-19(17-29)28(4)23-27-21-13-7-8-14-22(21)30(23)16-18-10-5-6-12-20(18)26/h5-8,10,12-14,19H,9,11,15-17H2,1-4H3. The van der Waals surface area contributed by atoms with Gasteiger partial charge >= 0.3 is 6.09 Å². The lowest BCUT2D eigenvalue weighted by Gasteiger charge is -2.38. The molecule has 0 saturated carbocycles. The molecule has 1 atom stereocenters. The van der Waals surface area contributed by atoms with Crippen molar-refractivity contribution < 1.29 is 13.9 Å². The molecule has 2 heterocycles. The average molecular weight is 439 g/mol. The third kappa shape index (κ3) is 4.71. The molecule has 0 spiro atoms. The van der Waals surface area contributed by atoms with E-state index in [0.29, 0.717) is 25.2 Å². The number of likely N-dealkylation sites (N-methyl/N-ethyl adjacent to an activating group) is 1. The summed E-state index contributed by atoms with van der Waals surface area (Å²) in [6.07, 6.45) is 1.55. The number of halogens is 1. The lowest BCUT2D eigenvalue weighted by molar-refractivity contribution is 0.0199. The fourth-order valence-electron chi connectivity index (χ4n) is 4.21. The highest BCUT2D eigenvalue weighted by Crippen LogP contribution is 2.28. The highest BCUT2D eigenvalue weighted by Gasteiger charge is 2.31. The number of aromatic nitrogens is 2. The molecule has 0 bridgehead atoms. The SMILES string of the molecule is CN(c1nc2ccccc2n1Cc1ccccc1F)C1CCCN(C(=O)OC(C)(C)C)C1. The van der Waals surface area contributed by atoms with Gasteiger partial charge in [-0.2, -0.15) is 0 Å². The van der Waals surface area contributed by atoms with Crippen molar-refractivity contribution in [2.75, 3.05) is 25.0 Å². The summed E-state index contributed by atoms with van der Waals surface area (Å²) in [6.45, 7) is 7.27. The molecular formula is C25H31FN4O2. The summed E-state index contributed by atoms with van der Waals surface area (Å²) in [4.78, 5) is 21.4. The van der Waals surface area contributed by atoms with Gasteiger partial charge < -0.3 is 19.1 Å². The molecule has 170 valence electrons. The molecule has 0 N–H and O–H groups in total. The number of ether oxygens (including phenoxy) is 1. The largest absolute Gasteiger partial charge is 0.444 e. The number of imidazole rings is 1. The van der Waals surface area contributed by atoms with Crippen molar-refractivity contribution in [3.05, 3.63) is 59.9 Å². The first-order chi connectivity index (χ1) is 15.2. The number of anilines is 1. The van der Waals surface area contributed by atoms with Crippen molar-refractivity contribution in [2.45, 2.75) is 51.8 Å². The van der Waals surface area contributed by atoms with Gasteiger partial charge in [-0.05, 0) is 51.8 Å². The summed E-state index contributed by atoms with van der Waals surface area (Å²) in [5.74, 6) is 0.540. The van der Waals surface area contributed by atoms with Gasteiger partial charge in [0, 0.05) is 31.7 Å². The van der Waals surface area contributed by atoms with Crippen LogP contribution in [0.3, 0.4) is 0 Å². The maximum atomic E-state index is 14.4. The number of fused-ring (bicyclic) bond motifs is 1. The van der Waals surface area contributed by atoms with Crippen LogP contribution in [0, 0.1) is 5.82 Å². The van der Waals surface area contributed by atoms with E-state index in [1.807, 2.05) is 58.2 Å². The predicted octanol–water partition coefficient (Wildman–Crippen LogP) is 5.06. The van der Waals surface area contributed by atoms with Crippen molar-refractivity contribution in [2.24, 2.45) is 0 Å². The molecule has 2 aromatic carbocycles. The first-order valence-corrected chi connectivity index (χ1v) is 11.1. The molecule has 1 fully saturated rings. The summed E-state index contributed by atoms with van der Waals surface area (Å²) in [5, 5.41) is 0. The number of amides is 1. The monoisotopic (exact) mass is 438 g/mol. The lowest BCUT2D eigenvalue weighted by atomic mass is 10.1. The number of benzene rings is 2. The Bertz CT molecular complexity index is 1100. The van der Waals surface area contributed by atoms with Crippen LogP contribution < -0.4 is 4.90 Å². The van der Waals surface area contributed by atoms with Crippen LogP contribution in [0.4, 0.5) is 15.1 Å². The van der Waals surface area contributed by atoms with Crippen molar-refractivity contribution >= 4 is 23.1 Å². The third-order valence-electron chi connectivity index (χ3n) is 5.83. The zero-order valence-electron chi connectivity index (χ0n) is 19.2. The van der Waals surface area contributed by atoms with Gasteiger partial charge in [-0.3, -0.25) is 0 Å². The maximum Gasteiger partial charge on any atom is 0.410 e. The Labute approximate surface area is 188 Å². The minimum atomic E-state index is -0.524. The van der Waals surface area contributed by atoms with Gasteiger partial charge in [-0.1, -0.05) is 30.3 Å². The molecule has 3 aromatic rings. The quantitative estimate of drug-likeness (QED) is 0.571. The van der Waals surface area contributed by atoms with Gasteiger partial charge in [0.15, 0.2) is 0 Å². The van der Waals surface area contributed by atoms with Crippen molar-refractivity contribution in [1.82, 2.24) is 14.5 Å². The Balaban J connectivity index is 1.62. The number of hydrogen-bond acceptors (Lipinski definition) is 4. The topological polar surface area (TPSA) is 50.6 Å². The number of likely N-dealkylation sites (tertiary alicyclic amines) is 1. The average Bonchev–Trinajstić information content (AvgIpc) is 3.12. The minimum absolute atomic E-state index is 0.0902. The van der Waals surface area contributed by atoms with Crippen LogP contribution in [-0.2, 0) is 11.3 Å². The van der Waals surface area contributed by atoms with E-state index in [9.17, 15) is 9.18 Å². The summed E-state index contributed by atoms with van der Waals surface area (Å²) in [6, 6.07) is 14.8. The Morgan fingerprint density at radius 3 is 2.66 bits per heavy atom. The molecule has 1 aromatic heterocycles. The van der Waals surface area contributed by atoms with Gasteiger partial charge in [0.2, 0.25) is 5.95 Å². The van der Waals surface area contributed by atoms with Crippen LogP contribution in [-0.4, -0.2) is 52.3 Å². The van der Waals surface area contributed by atoms with Crippen LogP contribution in [0.5, 0.6) is 0 Å². The number of hydrogen-bond donors (Lipinski definition) is 0. The molecule has 1 aliphatic heterocycles. The first kappa shape index (κ1) is 22.1. The molecule has 1 amide bonds. The molecule has 1 unspecified atom stereocenters. The second kappa shape index (κ2) is 8.81. The second-order valence-electron chi connectivity index (χ2n) is 9.41. The molecule has 32 heavy (non-hydrogen) atoms. The van der Waals surface area contributed by atoms with Crippen LogP contribution >= 0.6 is 0 Å². The zero-order chi connectivity index (χ0) is 22.9. The molecular weight excluding hydrogens is 407 g/mol. The van der Waals surface area contributed by atoms with Crippen molar-refractivity contribution in [1.29, 1.82) is 0 Å². The Morgan fingerprint density at radius 2 is 1.91 bits per heavy atom. The number of nitrogens with zero attached hydrogens (tertiary/aromatic N) is 4. The van der Waals surface area contributed by atoms with E-state index in [4.69, 9.17) is 9.72 Å². The fraction of sp³-hybridized carbons (Fsp3) is 0.440. The Kier molecular flexibility index (Phi) is 6.09. The van der Waals surface area contributed by atoms with Crippen molar-refractivity contribution in [3.63, 3.8) is 0 Å². The molecule has 0 radical (unpaired) electrons. The minimum Gasteiger partial charge on any atom is -0.444 e. The van der Waals surface area contributed by atoms with Gasteiger partial charge in [-0.15, -0.1) is 0 Å². The number of para-hydroxylation sites is 2. The summed E-state index contributed by atoms with van der Waals surface area (Å²) >= 11 is 0. The summed E-state index contributed by atoms with van der Waals surface area (Å²) < 4.78 is 22.1. The van der Waals surface area contributed by atoms with Crippen LogP contribution in [0.25, 0.3) is 11.0 Å². The Hall–Kier alpha value is -3.09. The molecule has 0 aliphatic carbocycles. The van der Waals surface area contributed by atoms with E-state index >= 15 is 0 Å². The molecule has 1 saturated heterocycles. The zero-order valence-corrected chi connectivity index (χ0v) is 19.2. The van der Waals surface area contributed by atoms with Crippen LogP contribution in [0.15, 0.2) is 48.5 Å². The summed E-state index contributed by atoms with van der Waals surface area (Å²) in [5.41, 5.74) is 1.91. The first-order valence-electron chi connectivity index (χ1n) is 11.1. The highest BCUT2D eigenvalue weighted by atomic mass is 19.1. The van der Waals surface area contributed by atoms with Crippen molar-refractivity contribution in [3.8, 4) is 0 Å². The predicted molar refractivity (Wildman–Crippen MR) is 124 cm³/mol. The van der Waals surface area contributed by atoms with Gasteiger partial charge in [0.1, 0.15) is 11.4 Å². The van der Waals surface area contributed by atoms with E-state index in [1.54, 1.807) is 17.0 Å². The molecule has 1 aliphatic rings. The molecule has 7 heteroatoms. The van der Waals surface area contributed by atoms with E-state index in [2.05, 4.69) is 9.47 Å². The van der Waals surface area contributed by atoms with E-state index < -0.39 is 5.60 Å². The number of rotatable bonds is 4. The second-order valence-corrected chi connectivity index (χ2v) is 9.41. The number of piperidine rings is 1.